The molecule has 1 aromatic carbocycles. The van der Waals surface area contributed by atoms with E-state index in [1.807, 2.05) is 13.0 Å². The quantitative estimate of drug-likeness (QED) is 0.831. The second-order valence-corrected chi connectivity index (χ2v) is 7.65. The number of nitrogens with one attached hydrogen (secondary N) is 2. The molecule has 1 atom stereocenters. The van der Waals surface area contributed by atoms with E-state index in [-0.39, 0.29) is 23.1 Å². The summed E-state index contributed by atoms with van der Waals surface area (Å²) in [4.78, 5) is 28.1. The van der Waals surface area contributed by atoms with Crippen molar-refractivity contribution in [2.75, 3.05) is 0 Å². The Kier molecular flexibility index (Phi) is 4.66. The lowest BCUT2D eigenvalue weighted by Gasteiger charge is -2.16. The van der Waals surface area contributed by atoms with Crippen LogP contribution in [-0.4, -0.2) is 10.9 Å². The molecular formula is C22H26N2O2. The highest BCUT2D eigenvalue weighted by atomic mass is 16.2. The number of aryl methyl sites for hydroxylation is 4. The van der Waals surface area contributed by atoms with Gasteiger partial charge in [0.15, 0.2) is 0 Å². The molecule has 4 heteroatoms. The van der Waals surface area contributed by atoms with Crippen LogP contribution in [0.15, 0.2) is 29.1 Å². The van der Waals surface area contributed by atoms with Gasteiger partial charge in [-0.3, -0.25) is 9.59 Å². The molecule has 0 saturated heterocycles. The predicted octanol–water partition coefficient (Wildman–Crippen LogP) is 3.62. The summed E-state index contributed by atoms with van der Waals surface area (Å²) < 4.78 is 0. The number of carbonyl (C=O) groups excluding carboxylic acids is 1. The molecule has 1 heterocycles. The number of H-pyrrole nitrogens is 1. The molecule has 136 valence electrons. The van der Waals surface area contributed by atoms with Crippen LogP contribution in [0.2, 0.25) is 0 Å². The molecule has 0 saturated carbocycles. The maximum atomic E-state index is 12.7. The van der Waals surface area contributed by atoms with Crippen LogP contribution in [0.25, 0.3) is 0 Å². The zero-order valence-electron chi connectivity index (χ0n) is 15.4. The standard InChI is InChI=1S/C22H26N2O2/c1-14(16-11-10-15-7-5-8-17(15)12-16)23-21(25)19-13-18-6-3-2-4-9-20(18)24-22(19)26/h10-14H,2-9H2,1H3,(H,23,25)(H,24,26)/t14-/m1/s1. The Morgan fingerprint density at radius 1 is 0.962 bits per heavy atom. The molecular weight excluding hydrogens is 324 g/mol. The van der Waals surface area contributed by atoms with Gasteiger partial charge in [-0.2, -0.15) is 0 Å². The lowest BCUT2D eigenvalue weighted by molar-refractivity contribution is 0.0938. The first-order chi connectivity index (χ1) is 12.6. The Morgan fingerprint density at radius 2 is 1.73 bits per heavy atom. The average Bonchev–Trinajstić information content (AvgIpc) is 2.98. The molecule has 26 heavy (non-hydrogen) atoms. The van der Waals surface area contributed by atoms with Crippen LogP contribution in [0.1, 0.15) is 77.0 Å². The summed E-state index contributed by atoms with van der Waals surface area (Å²) in [5.74, 6) is -0.286. The highest BCUT2D eigenvalue weighted by molar-refractivity contribution is 5.94. The fourth-order valence-corrected chi connectivity index (χ4v) is 4.24. The molecule has 2 aromatic rings. The highest BCUT2D eigenvalue weighted by Crippen LogP contribution is 2.25. The van der Waals surface area contributed by atoms with E-state index in [9.17, 15) is 9.59 Å². The van der Waals surface area contributed by atoms with E-state index in [0.29, 0.717) is 0 Å². The first kappa shape index (κ1) is 17.1. The molecule has 4 rings (SSSR count). The van der Waals surface area contributed by atoms with E-state index < -0.39 is 0 Å². The van der Waals surface area contributed by atoms with Crippen LogP contribution in [0.4, 0.5) is 0 Å². The van der Waals surface area contributed by atoms with Crippen molar-refractivity contribution in [3.05, 3.63) is 68.1 Å². The number of rotatable bonds is 3. The smallest absolute Gasteiger partial charge is 0.261 e. The molecule has 0 unspecified atom stereocenters. The minimum atomic E-state index is -0.286. The third-order valence-corrected chi connectivity index (χ3v) is 5.80. The zero-order chi connectivity index (χ0) is 18.1. The molecule has 1 amide bonds. The van der Waals surface area contributed by atoms with Crippen LogP contribution in [0, 0.1) is 0 Å². The summed E-state index contributed by atoms with van der Waals surface area (Å²) in [7, 11) is 0. The molecule has 0 aliphatic heterocycles. The number of aromatic nitrogens is 1. The van der Waals surface area contributed by atoms with Crippen molar-refractivity contribution >= 4 is 5.91 Å². The Labute approximate surface area is 154 Å². The normalized spacial score (nSPS) is 17.1. The molecule has 0 spiro atoms. The van der Waals surface area contributed by atoms with Crippen LogP contribution < -0.4 is 10.9 Å². The number of amides is 1. The number of hydrogen-bond donors (Lipinski definition) is 2. The van der Waals surface area contributed by atoms with Gasteiger partial charge in [-0.1, -0.05) is 24.6 Å². The number of fused-ring (bicyclic) bond motifs is 2. The monoisotopic (exact) mass is 350 g/mol. The van der Waals surface area contributed by atoms with Gasteiger partial charge in [0.25, 0.3) is 11.5 Å². The molecule has 2 N–H and O–H groups in total. The highest BCUT2D eigenvalue weighted by Gasteiger charge is 2.19. The summed E-state index contributed by atoms with van der Waals surface area (Å²) in [5.41, 5.74) is 6.02. The van der Waals surface area contributed by atoms with Gasteiger partial charge in [-0.05, 0) is 80.2 Å². The SMILES string of the molecule is C[C@@H](NC(=O)c1cc2c([nH]c1=O)CCCCC2)c1ccc2c(c1)CCC2. The summed E-state index contributed by atoms with van der Waals surface area (Å²) in [6.45, 7) is 1.98. The van der Waals surface area contributed by atoms with E-state index in [4.69, 9.17) is 0 Å². The van der Waals surface area contributed by atoms with Crippen LogP contribution in [0.5, 0.6) is 0 Å². The van der Waals surface area contributed by atoms with E-state index in [0.717, 1.165) is 55.3 Å². The van der Waals surface area contributed by atoms with Crippen molar-refractivity contribution in [3.8, 4) is 0 Å². The lowest BCUT2D eigenvalue weighted by Crippen LogP contribution is -2.32. The topological polar surface area (TPSA) is 62.0 Å². The van der Waals surface area contributed by atoms with Crippen molar-refractivity contribution in [3.63, 3.8) is 0 Å². The van der Waals surface area contributed by atoms with E-state index in [1.54, 1.807) is 0 Å². The predicted molar refractivity (Wildman–Crippen MR) is 103 cm³/mol. The third kappa shape index (κ3) is 3.33. The first-order valence-electron chi connectivity index (χ1n) is 9.79. The summed E-state index contributed by atoms with van der Waals surface area (Å²) in [6, 6.07) is 8.16. The fourth-order valence-electron chi connectivity index (χ4n) is 4.24. The minimum Gasteiger partial charge on any atom is -0.345 e. The van der Waals surface area contributed by atoms with E-state index in [1.165, 1.54) is 24.0 Å². The molecule has 0 fully saturated rings. The Hall–Kier alpha value is -2.36. The third-order valence-electron chi connectivity index (χ3n) is 5.80. The summed E-state index contributed by atoms with van der Waals surface area (Å²) in [6.07, 6.45) is 8.72. The largest absolute Gasteiger partial charge is 0.345 e. The van der Waals surface area contributed by atoms with Crippen molar-refractivity contribution in [1.82, 2.24) is 10.3 Å². The van der Waals surface area contributed by atoms with Gasteiger partial charge in [0.05, 0.1) is 6.04 Å². The zero-order valence-corrected chi connectivity index (χ0v) is 15.4. The fraction of sp³-hybridized carbons (Fsp3) is 0.455. The maximum absolute atomic E-state index is 12.7. The van der Waals surface area contributed by atoms with Crippen LogP contribution in [0.3, 0.4) is 0 Å². The molecule has 0 radical (unpaired) electrons. The molecule has 2 aliphatic rings. The summed E-state index contributed by atoms with van der Waals surface area (Å²) >= 11 is 0. The number of benzene rings is 1. The minimum absolute atomic E-state index is 0.119. The number of pyridine rings is 1. The van der Waals surface area contributed by atoms with E-state index >= 15 is 0 Å². The first-order valence-corrected chi connectivity index (χ1v) is 9.79. The molecule has 4 nitrogen and oxygen atoms in total. The van der Waals surface area contributed by atoms with Crippen LogP contribution >= 0.6 is 0 Å². The van der Waals surface area contributed by atoms with Gasteiger partial charge >= 0.3 is 0 Å². The van der Waals surface area contributed by atoms with Crippen molar-refractivity contribution in [2.45, 2.75) is 64.3 Å². The van der Waals surface area contributed by atoms with Gasteiger partial charge in [-0.25, -0.2) is 0 Å². The molecule has 2 aliphatic carbocycles. The van der Waals surface area contributed by atoms with Gasteiger partial charge in [0.2, 0.25) is 0 Å². The number of hydrogen-bond acceptors (Lipinski definition) is 2. The van der Waals surface area contributed by atoms with Gasteiger partial charge in [0.1, 0.15) is 5.56 Å². The average molecular weight is 350 g/mol. The van der Waals surface area contributed by atoms with E-state index in [2.05, 4.69) is 28.5 Å². The van der Waals surface area contributed by atoms with Crippen molar-refractivity contribution < 1.29 is 4.79 Å². The Bertz CT molecular complexity index is 898. The Balaban J connectivity index is 1.54. The molecule has 1 aromatic heterocycles. The second kappa shape index (κ2) is 7.10. The van der Waals surface area contributed by atoms with Crippen molar-refractivity contribution in [1.29, 1.82) is 0 Å². The lowest BCUT2D eigenvalue weighted by atomic mass is 10.0. The molecule has 0 bridgehead atoms. The van der Waals surface area contributed by atoms with Gasteiger partial charge in [-0.15, -0.1) is 0 Å². The van der Waals surface area contributed by atoms with Crippen LogP contribution in [-0.2, 0) is 25.7 Å². The summed E-state index contributed by atoms with van der Waals surface area (Å²) in [5, 5.41) is 3.01. The second-order valence-electron chi connectivity index (χ2n) is 7.65. The number of aromatic amines is 1. The van der Waals surface area contributed by atoms with Crippen molar-refractivity contribution in [2.24, 2.45) is 0 Å². The number of carbonyl (C=O) groups is 1. The van der Waals surface area contributed by atoms with Gasteiger partial charge in [0, 0.05) is 5.69 Å². The maximum Gasteiger partial charge on any atom is 0.261 e. The van der Waals surface area contributed by atoms with Gasteiger partial charge < -0.3 is 10.3 Å². The Morgan fingerprint density at radius 3 is 2.62 bits per heavy atom.